The summed E-state index contributed by atoms with van der Waals surface area (Å²) in [7, 11) is 0. The SMILES string of the molecule is CCN(CC)CCCCN(Cc1ccccn1)C(=O)C(F)(F)F. The van der Waals surface area contributed by atoms with E-state index in [0.717, 1.165) is 31.0 Å². The molecule has 0 radical (unpaired) electrons. The van der Waals surface area contributed by atoms with Gasteiger partial charge in [0.2, 0.25) is 0 Å². The van der Waals surface area contributed by atoms with Crippen LogP contribution in [-0.2, 0) is 11.3 Å². The number of amides is 1. The van der Waals surface area contributed by atoms with Gasteiger partial charge in [0.25, 0.3) is 0 Å². The van der Waals surface area contributed by atoms with Crippen molar-refractivity contribution in [1.82, 2.24) is 14.8 Å². The number of carbonyl (C=O) groups is 1. The number of carbonyl (C=O) groups excluding carboxylic acids is 1. The molecule has 0 saturated carbocycles. The van der Waals surface area contributed by atoms with Crippen LogP contribution in [0.25, 0.3) is 0 Å². The van der Waals surface area contributed by atoms with Crippen LogP contribution in [0.2, 0.25) is 0 Å². The highest BCUT2D eigenvalue weighted by molar-refractivity contribution is 5.81. The Bertz CT molecular complexity index is 461. The Balaban J connectivity index is 2.60. The molecule has 1 rings (SSSR count). The molecule has 0 unspecified atom stereocenters. The Morgan fingerprint density at radius 3 is 2.30 bits per heavy atom. The van der Waals surface area contributed by atoms with Gasteiger partial charge >= 0.3 is 12.1 Å². The number of hydrogen-bond acceptors (Lipinski definition) is 3. The zero-order valence-corrected chi connectivity index (χ0v) is 13.6. The Hall–Kier alpha value is -1.63. The van der Waals surface area contributed by atoms with E-state index in [0.29, 0.717) is 12.1 Å². The van der Waals surface area contributed by atoms with Crippen LogP contribution < -0.4 is 0 Å². The molecular weight excluding hydrogens is 307 g/mol. The molecular formula is C16H24F3N3O. The summed E-state index contributed by atoms with van der Waals surface area (Å²) in [5.74, 6) is -1.80. The molecule has 0 atom stereocenters. The number of pyridine rings is 1. The fourth-order valence-electron chi connectivity index (χ4n) is 2.30. The summed E-state index contributed by atoms with van der Waals surface area (Å²) in [5.41, 5.74) is 0.453. The second-order valence-electron chi connectivity index (χ2n) is 5.28. The van der Waals surface area contributed by atoms with Gasteiger partial charge in [0, 0.05) is 12.7 Å². The minimum Gasteiger partial charge on any atom is -0.329 e. The minimum atomic E-state index is -4.85. The molecule has 1 heterocycles. The van der Waals surface area contributed by atoms with E-state index >= 15 is 0 Å². The van der Waals surface area contributed by atoms with Crippen molar-refractivity contribution >= 4 is 5.91 Å². The maximum atomic E-state index is 12.7. The van der Waals surface area contributed by atoms with E-state index in [-0.39, 0.29) is 13.1 Å². The molecule has 23 heavy (non-hydrogen) atoms. The minimum absolute atomic E-state index is 0.0795. The number of rotatable bonds is 9. The number of aromatic nitrogens is 1. The first-order chi connectivity index (χ1) is 10.9. The number of unbranched alkanes of at least 4 members (excludes halogenated alkanes) is 1. The summed E-state index contributed by atoms with van der Waals surface area (Å²) in [4.78, 5) is 18.6. The summed E-state index contributed by atoms with van der Waals surface area (Å²) in [6.07, 6.45) is -2.06. The first kappa shape index (κ1) is 19.4. The molecule has 1 aromatic heterocycles. The molecule has 7 heteroatoms. The van der Waals surface area contributed by atoms with Crippen molar-refractivity contribution < 1.29 is 18.0 Å². The topological polar surface area (TPSA) is 36.4 Å². The van der Waals surface area contributed by atoms with Gasteiger partial charge in [-0.25, -0.2) is 0 Å². The highest BCUT2D eigenvalue weighted by Crippen LogP contribution is 2.20. The van der Waals surface area contributed by atoms with E-state index in [1.807, 2.05) is 13.8 Å². The summed E-state index contributed by atoms with van der Waals surface area (Å²) in [5, 5.41) is 0. The quantitative estimate of drug-likeness (QED) is 0.653. The molecule has 0 aliphatic carbocycles. The molecule has 1 amide bonds. The molecule has 0 aliphatic rings. The lowest BCUT2D eigenvalue weighted by molar-refractivity contribution is -0.186. The van der Waals surface area contributed by atoms with Crippen molar-refractivity contribution in [1.29, 1.82) is 0 Å². The fourth-order valence-corrected chi connectivity index (χ4v) is 2.30. The molecule has 0 spiro atoms. The molecule has 0 fully saturated rings. The third-order valence-electron chi connectivity index (χ3n) is 3.66. The van der Waals surface area contributed by atoms with Crippen LogP contribution in [0.4, 0.5) is 13.2 Å². The maximum absolute atomic E-state index is 12.7. The number of halogens is 3. The van der Waals surface area contributed by atoms with Crippen LogP contribution in [0.1, 0.15) is 32.4 Å². The fraction of sp³-hybridized carbons (Fsp3) is 0.625. The molecule has 130 valence electrons. The van der Waals surface area contributed by atoms with E-state index in [4.69, 9.17) is 0 Å². The van der Waals surface area contributed by atoms with Gasteiger partial charge in [-0.3, -0.25) is 9.78 Å². The molecule has 4 nitrogen and oxygen atoms in total. The average molecular weight is 331 g/mol. The van der Waals surface area contributed by atoms with E-state index < -0.39 is 12.1 Å². The second-order valence-corrected chi connectivity index (χ2v) is 5.28. The normalized spacial score (nSPS) is 11.7. The molecule has 0 bridgehead atoms. The number of nitrogens with zero attached hydrogens (tertiary/aromatic N) is 3. The Labute approximate surface area is 135 Å². The summed E-state index contributed by atoms with van der Waals surface area (Å²) in [6, 6.07) is 5.00. The third-order valence-corrected chi connectivity index (χ3v) is 3.66. The van der Waals surface area contributed by atoms with Crippen molar-refractivity contribution in [2.45, 2.75) is 39.4 Å². The third kappa shape index (κ3) is 6.99. The van der Waals surface area contributed by atoms with Crippen LogP contribution in [0, 0.1) is 0 Å². The Kier molecular flexibility index (Phi) is 8.02. The van der Waals surface area contributed by atoms with Crippen LogP contribution in [-0.4, -0.2) is 53.0 Å². The maximum Gasteiger partial charge on any atom is 0.471 e. The molecule has 1 aromatic rings. The van der Waals surface area contributed by atoms with Gasteiger partial charge in [-0.05, 0) is 44.6 Å². The summed E-state index contributed by atoms with van der Waals surface area (Å²) < 4.78 is 38.2. The van der Waals surface area contributed by atoms with E-state index in [1.54, 1.807) is 18.2 Å². The van der Waals surface area contributed by atoms with E-state index in [9.17, 15) is 18.0 Å². The van der Waals surface area contributed by atoms with Crippen molar-refractivity contribution in [3.05, 3.63) is 30.1 Å². The van der Waals surface area contributed by atoms with Crippen LogP contribution in [0.15, 0.2) is 24.4 Å². The first-order valence-corrected chi connectivity index (χ1v) is 7.86. The van der Waals surface area contributed by atoms with Crippen molar-refractivity contribution in [3.8, 4) is 0 Å². The van der Waals surface area contributed by atoms with Gasteiger partial charge in [-0.1, -0.05) is 19.9 Å². The second kappa shape index (κ2) is 9.50. The Morgan fingerprint density at radius 1 is 1.13 bits per heavy atom. The highest BCUT2D eigenvalue weighted by atomic mass is 19.4. The van der Waals surface area contributed by atoms with Crippen LogP contribution >= 0.6 is 0 Å². The average Bonchev–Trinajstić information content (AvgIpc) is 2.53. The predicted molar refractivity (Wildman–Crippen MR) is 82.7 cm³/mol. The Morgan fingerprint density at radius 2 is 1.78 bits per heavy atom. The highest BCUT2D eigenvalue weighted by Gasteiger charge is 2.42. The van der Waals surface area contributed by atoms with Crippen LogP contribution in [0.3, 0.4) is 0 Å². The van der Waals surface area contributed by atoms with Gasteiger partial charge < -0.3 is 9.80 Å². The van der Waals surface area contributed by atoms with Crippen molar-refractivity contribution in [2.75, 3.05) is 26.2 Å². The van der Waals surface area contributed by atoms with E-state index in [2.05, 4.69) is 9.88 Å². The first-order valence-electron chi connectivity index (χ1n) is 7.86. The van der Waals surface area contributed by atoms with E-state index in [1.165, 1.54) is 6.20 Å². The number of hydrogen-bond donors (Lipinski definition) is 0. The largest absolute Gasteiger partial charge is 0.471 e. The zero-order chi connectivity index (χ0) is 17.3. The van der Waals surface area contributed by atoms with Crippen LogP contribution in [0.5, 0.6) is 0 Å². The van der Waals surface area contributed by atoms with Crippen molar-refractivity contribution in [3.63, 3.8) is 0 Å². The lowest BCUT2D eigenvalue weighted by Crippen LogP contribution is -2.41. The van der Waals surface area contributed by atoms with Gasteiger partial charge in [0.1, 0.15) is 0 Å². The smallest absolute Gasteiger partial charge is 0.329 e. The lowest BCUT2D eigenvalue weighted by atomic mass is 10.2. The standard InChI is InChI=1S/C16H24F3N3O/c1-3-21(4-2)11-7-8-12-22(15(23)16(17,18)19)13-14-9-5-6-10-20-14/h5-6,9-10H,3-4,7-8,11-13H2,1-2H3. The van der Waals surface area contributed by atoms with Gasteiger partial charge in [-0.15, -0.1) is 0 Å². The summed E-state index contributed by atoms with van der Waals surface area (Å²) >= 11 is 0. The lowest BCUT2D eigenvalue weighted by Gasteiger charge is -2.24. The molecule has 0 saturated heterocycles. The zero-order valence-electron chi connectivity index (χ0n) is 13.6. The molecule has 0 aliphatic heterocycles. The van der Waals surface area contributed by atoms with Gasteiger partial charge in [0.05, 0.1) is 12.2 Å². The molecule has 0 aromatic carbocycles. The predicted octanol–water partition coefficient (Wildman–Crippen LogP) is 3.09. The van der Waals surface area contributed by atoms with Gasteiger partial charge in [0.15, 0.2) is 0 Å². The molecule has 0 N–H and O–H groups in total. The summed E-state index contributed by atoms with van der Waals surface area (Å²) in [6.45, 7) is 6.70. The van der Waals surface area contributed by atoms with Gasteiger partial charge in [-0.2, -0.15) is 13.2 Å². The van der Waals surface area contributed by atoms with Crippen molar-refractivity contribution in [2.24, 2.45) is 0 Å². The monoisotopic (exact) mass is 331 g/mol. The number of alkyl halides is 3.